The molecule has 98 valence electrons. The van der Waals surface area contributed by atoms with Gasteiger partial charge in [0.2, 0.25) is 0 Å². The standard InChI is InChI=1S/C14H23NO.ClH/c1-2-3-5-13-6-4-7-14(13)15-10-12-8-9-16-11-12;/h8-9,11,13-15H,2-7,10H2,1H3;1H. The molecule has 0 saturated heterocycles. The maximum absolute atomic E-state index is 5.08. The van der Waals surface area contributed by atoms with Crippen LogP contribution < -0.4 is 5.32 Å². The lowest BCUT2D eigenvalue weighted by atomic mass is 9.97. The Hall–Kier alpha value is -0.470. The van der Waals surface area contributed by atoms with Crippen molar-refractivity contribution in [2.45, 2.75) is 58.0 Å². The van der Waals surface area contributed by atoms with Crippen molar-refractivity contribution in [2.24, 2.45) is 5.92 Å². The largest absolute Gasteiger partial charge is 0.472 e. The molecule has 2 nitrogen and oxygen atoms in total. The van der Waals surface area contributed by atoms with Gasteiger partial charge >= 0.3 is 0 Å². The fourth-order valence-corrected chi connectivity index (χ4v) is 2.76. The van der Waals surface area contributed by atoms with Crippen LogP contribution in [0.1, 0.15) is 51.0 Å². The van der Waals surface area contributed by atoms with Crippen molar-refractivity contribution in [1.82, 2.24) is 5.32 Å². The summed E-state index contributed by atoms with van der Waals surface area (Å²) in [5.74, 6) is 0.909. The van der Waals surface area contributed by atoms with Crippen LogP contribution in [0.5, 0.6) is 0 Å². The number of halogens is 1. The SMILES string of the molecule is CCCCC1CCCC1NCc1ccoc1.Cl. The third-order valence-electron chi connectivity index (χ3n) is 3.74. The van der Waals surface area contributed by atoms with Gasteiger partial charge in [-0.3, -0.25) is 0 Å². The van der Waals surface area contributed by atoms with Crippen LogP contribution in [0.4, 0.5) is 0 Å². The van der Waals surface area contributed by atoms with Gasteiger partial charge < -0.3 is 9.73 Å². The van der Waals surface area contributed by atoms with Gasteiger partial charge in [-0.2, -0.15) is 0 Å². The molecule has 2 rings (SSSR count). The van der Waals surface area contributed by atoms with Crippen molar-refractivity contribution in [2.75, 3.05) is 0 Å². The molecule has 0 aliphatic heterocycles. The van der Waals surface area contributed by atoms with Crippen molar-refractivity contribution in [3.8, 4) is 0 Å². The van der Waals surface area contributed by atoms with Crippen LogP contribution >= 0.6 is 12.4 Å². The number of hydrogen-bond acceptors (Lipinski definition) is 2. The molecule has 1 fully saturated rings. The molecule has 0 spiro atoms. The number of nitrogens with one attached hydrogen (secondary N) is 1. The normalized spacial score (nSPS) is 23.6. The van der Waals surface area contributed by atoms with E-state index in [9.17, 15) is 0 Å². The zero-order valence-electron chi connectivity index (χ0n) is 10.7. The predicted octanol–water partition coefficient (Wildman–Crippen LogP) is 4.15. The van der Waals surface area contributed by atoms with E-state index in [1.807, 2.05) is 12.3 Å². The van der Waals surface area contributed by atoms with Gasteiger partial charge in [0, 0.05) is 18.2 Å². The molecule has 2 unspecified atom stereocenters. The topological polar surface area (TPSA) is 25.2 Å². The molecule has 1 aromatic heterocycles. The van der Waals surface area contributed by atoms with Crippen LogP contribution in [0.25, 0.3) is 0 Å². The van der Waals surface area contributed by atoms with Crippen LogP contribution in [0, 0.1) is 5.92 Å². The van der Waals surface area contributed by atoms with E-state index in [1.165, 1.54) is 44.1 Å². The molecule has 0 radical (unpaired) electrons. The highest BCUT2D eigenvalue weighted by molar-refractivity contribution is 5.85. The van der Waals surface area contributed by atoms with Crippen LogP contribution in [0.15, 0.2) is 23.0 Å². The van der Waals surface area contributed by atoms with Crippen molar-refractivity contribution < 1.29 is 4.42 Å². The van der Waals surface area contributed by atoms with Crippen LogP contribution in [0.3, 0.4) is 0 Å². The average Bonchev–Trinajstić information content (AvgIpc) is 2.94. The van der Waals surface area contributed by atoms with Crippen molar-refractivity contribution in [3.05, 3.63) is 24.2 Å². The highest BCUT2D eigenvalue weighted by atomic mass is 35.5. The Labute approximate surface area is 111 Å². The van der Waals surface area contributed by atoms with Crippen LogP contribution in [-0.4, -0.2) is 6.04 Å². The van der Waals surface area contributed by atoms with Gasteiger partial charge in [-0.1, -0.05) is 26.2 Å². The first kappa shape index (κ1) is 14.6. The van der Waals surface area contributed by atoms with E-state index in [-0.39, 0.29) is 12.4 Å². The van der Waals surface area contributed by atoms with Gasteiger partial charge in [-0.05, 0) is 31.2 Å². The number of hydrogen-bond donors (Lipinski definition) is 1. The van der Waals surface area contributed by atoms with E-state index in [0.29, 0.717) is 0 Å². The highest BCUT2D eigenvalue weighted by Gasteiger charge is 2.25. The van der Waals surface area contributed by atoms with Crippen LogP contribution in [-0.2, 0) is 6.54 Å². The smallest absolute Gasteiger partial charge is 0.0947 e. The van der Waals surface area contributed by atoms with Gasteiger partial charge in [0.25, 0.3) is 0 Å². The van der Waals surface area contributed by atoms with E-state index in [4.69, 9.17) is 4.42 Å². The summed E-state index contributed by atoms with van der Waals surface area (Å²) < 4.78 is 5.08. The lowest BCUT2D eigenvalue weighted by molar-refractivity contribution is 0.368. The Morgan fingerprint density at radius 1 is 1.41 bits per heavy atom. The summed E-state index contributed by atoms with van der Waals surface area (Å²) in [5, 5.41) is 3.68. The molecule has 0 bridgehead atoms. The third kappa shape index (κ3) is 4.36. The molecule has 2 atom stereocenters. The van der Waals surface area contributed by atoms with E-state index in [0.717, 1.165) is 18.5 Å². The second-order valence-corrected chi connectivity index (χ2v) is 4.95. The minimum atomic E-state index is 0. The molecule has 1 N–H and O–H groups in total. The van der Waals surface area contributed by atoms with Gasteiger partial charge in [0.15, 0.2) is 0 Å². The Morgan fingerprint density at radius 2 is 2.29 bits per heavy atom. The van der Waals surface area contributed by atoms with Crippen molar-refractivity contribution in [1.29, 1.82) is 0 Å². The third-order valence-corrected chi connectivity index (χ3v) is 3.74. The van der Waals surface area contributed by atoms with Crippen molar-refractivity contribution in [3.63, 3.8) is 0 Å². The molecule has 1 aliphatic carbocycles. The maximum Gasteiger partial charge on any atom is 0.0947 e. The van der Waals surface area contributed by atoms with E-state index >= 15 is 0 Å². The van der Waals surface area contributed by atoms with Gasteiger partial charge in [-0.15, -0.1) is 12.4 Å². The Bertz CT molecular complexity index is 286. The van der Waals surface area contributed by atoms with E-state index in [1.54, 1.807) is 6.26 Å². The van der Waals surface area contributed by atoms with Gasteiger partial charge in [0.1, 0.15) is 0 Å². The molecule has 1 heterocycles. The van der Waals surface area contributed by atoms with E-state index in [2.05, 4.69) is 12.2 Å². The molecular weight excluding hydrogens is 234 g/mol. The summed E-state index contributed by atoms with van der Waals surface area (Å²) in [5.41, 5.74) is 1.26. The maximum atomic E-state index is 5.08. The first-order valence-corrected chi connectivity index (χ1v) is 6.64. The summed E-state index contributed by atoms with van der Waals surface area (Å²) in [7, 11) is 0. The number of furan rings is 1. The summed E-state index contributed by atoms with van der Waals surface area (Å²) in [6.45, 7) is 3.24. The Balaban J connectivity index is 0.00000144. The molecule has 17 heavy (non-hydrogen) atoms. The molecule has 1 aliphatic rings. The summed E-state index contributed by atoms with van der Waals surface area (Å²) in [6, 6.07) is 2.78. The summed E-state index contributed by atoms with van der Waals surface area (Å²) in [6.07, 6.45) is 11.9. The zero-order valence-corrected chi connectivity index (χ0v) is 11.5. The summed E-state index contributed by atoms with van der Waals surface area (Å²) >= 11 is 0. The highest BCUT2D eigenvalue weighted by Crippen LogP contribution is 2.30. The number of unbranched alkanes of at least 4 members (excludes halogenated alkanes) is 1. The minimum absolute atomic E-state index is 0. The Kier molecular flexibility index (Phi) is 6.68. The minimum Gasteiger partial charge on any atom is -0.472 e. The quantitative estimate of drug-likeness (QED) is 0.828. The molecule has 0 aromatic carbocycles. The average molecular weight is 258 g/mol. The van der Waals surface area contributed by atoms with Crippen molar-refractivity contribution >= 4 is 12.4 Å². The molecule has 0 amide bonds. The Morgan fingerprint density at radius 3 is 3.00 bits per heavy atom. The molecule has 3 heteroatoms. The first-order chi connectivity index (χ1) is 7.90. The number of rotatable bonds is 6. The monoisotopic (exact) mass is 257 g/mol. The molecule has 1 saturated carbocycles. The second kappa shape index (κ2) is 7.78. The van der Waals surface area contributed by atoms with E-state index < -0.39 is 0 Å². The summed E-state index contributed by atoms with van der Waals surface area (Å²) in [4.78, 5) is 0. The molecule has 1 aromatic rings. The fourth-order valence-electron chi connectivity index (χ4n) is 2.76. The lowest BCUT2D eigenvalue weighted by Crippen LogP contribution is -2.31. The lowest BCUT2D eigenvalue weighted by Gasteiger charge is -2.20. The second-order valence-electron chi connectivity index (χ2n) is 4.95. The zero-order chi connectivity index (χ0) is 11.2. The van der Waals surface area contributed by atoms with Gasteiger partial charge in [-0.25, -0.2) is 0 Å². The fraction of sp³-hybridized carbons (Fsp3) is 0.714. The predicted molar refractivity (Wildman–Crippen MR) is 73.4 cm³/mol. The molecular formula is C14H24ClNO. The first-order valence-electron chi connectivity index (χ1n) is 6.64. The van der Waals surface area contributed by atoms with Crippen LogP contribution in [0.2, 0.25) is 0 Å². The van der Waals surface area contributed by atoms with Gasteiger partial charge in [0.05, 0.1) is 12.5 Å².